The summed E-state index contributed by atoms with van der Waals surface area (Å²) in [5, 5.41) is 3.60. The summed E-state index contributed by atoms with van der Waals surface area (Å²) in [7, 11) is 4.00. The van der Waals surface area contributed by atoms with Crippen LogP contribution in [0.25, 0.3) is 0 Å². The molecule has 1 fully saturated rings. The molecule has 1 unspecified atom stereocenters. The minimum Gasteiger partial charge on any atom is -0.379 e. The monoisotopic (exact) mass is 271 g/mol. The Morgan fingerprint density at radius 3 is 2.42 bits per heavy atom. The van der Waals surface area contributed by atoms with Gasteiger partial charge in [-0.1, -0.05) is 0 Å². The molecule has 1 atom stereocenters. The Morgan fingerprint density at radius 2 is 1.84 bits per heavy atom. The highest BCUT2D eigenvalue weighted by Crippen LogP contribution is 2.15. The van der Waals surface area contributed by atoms with E-state index in [4.69, 9.17) is 4.74 Å². The van der Waals surface area contributed by atoms with Gasteiger partial charge in [0.25, 0.3) is 0 Å². The molecule has 1 rings (SSSR count). The van der Waals surface area contributed by atoms with E-state index in [9.17, 15) is 0 Å². The third kappa shape index (κ3) is 7.25. The van der Waals surface area contributed by atoms with Gasteiger partial charge in [0.2, 0.25) is 0 Å². The van der Waals surface area contributed by atoms with E-state index in [0.717, 1.165) is 13.0 Å². The maximum atomic E-state index is 5.47. The third-order valence-electron chi connectivity index (χ3n) is 4.09. The van der Waals surface area contributed by atoms with Gasteiger partial charge in [-0.25, -0.2) is 0 Å². The second kappa shape index (κ2) is 8.20. The first-order valence-corrected chi connectivity index (χ1v) is 7.62. The van der Waals surface area contributed by atoms with Crippen LogP contribution in [0.3, 0.4) is 0 Å². The molecule has 0 aromatic heterocycles. The molecule has 0 spiro atoms. The van der Waals surface area contributed by atoms with Crippen LogP contribution in [-0.2, 0) is 4.74 Å². The lowest BCUT2D eigenvalue weighted by molar-refractivity contribution is 0.00854. The summed E-state index contributed by atoms with van der Waals surface area (Å²) in [5.74, 6) is 0. The fourth-order valence-corrected chi connectivity index (χ4v) is 2.62. The Hall–Kier alpha value is -0.160. The van der Waals surface area contributed by atoms with Crippen LogP contribution in [-0.4, -0.2) is 74.9 Å². The van der Waals surface area contributed by atoms with Gasteiger partial charge in [0.1, 0.15) is 0 Å². The molecule has 0 radical (unpaired) electrons. The van der Waals surface area contributed by atoms with Gasteiger partial charge in [-0.05, 0) is 53.8 Å². The van der Waals surface area contributed by atoms with Gasteiger partial charge in [0.05, 0.1) is 5.60 Å². The maximum Gasteiger partial charge on any atom is 0.0637 e. The van der Waals surface area contributed by atoms with E-state index >= 15 is 0 Å². The summed E-state index contributed by atoms with van der Waals surface area (Å²) in [6.45, 7) is 13.7. The van der Waals surface area contributed by atoms with Crippen LogP contribution in [0.1, 0.15) is 33.6 Å². The lowest BCUT2D eigenvalue weighted by atomic mass is 10.00. The fraction of sp³-hybridized carbons (Fsp3) is 1.00. The molecule has 1 aliphatic rings. The summed E-state index contributed by atoms with van der Waals surface area (Å²) in [6, 6.07) is 0.516. The van der Waals surface area contributed by atoms with E-state index in [1.807, 2.05) is 0 Å². The second-order valence-corrected chi connectivity index (χ2v) is 6.52. The number of hydrogen-bond donors (Lipinski definition) is 1. The highest BCUT2D eigenvalue weighted by Gasteiger charge is 2.19. The highest BCUT2D eigenvalue weighted by atomic mass is 16.5. The van der Waals surface area contributed by atoms with Crippen LogP contribution in [0.4, 0.5) is 0 Å². The van der Waals surface area contributed by atoms with Crippen LogP contribution in [0, 0.1) is 0 Å². The van der Waals surface area contributed by atoms with Gasteiger partial charge < -0.3 is 19.9 Å². The number of rotatable bonds is 8. The largest absolute Gasteiger partial charge is 0.379 e. The van der Waals surface area contributed by atoms with Crippen molar-refractivity contribution in [3.63, 3.8) is 0 Å². The summed E-state index contributed by atoms with van der Waals surface area (Å²) in [5.41, 5.74) is -0.0239. The Morgan fingerprint density at radius 1 is 1.21 bits per heavy atom. The molecule has 1 saturated heterocycles. The number of nitrogens with one attached hydrogen (secondary N) is 1. The zero-order chi connectivity index (χ0) is 14.3. The van der Waals surface area contributed by atoms with E-state index < -0.39 is 0 Å². The SMILES string of the molecule is COC(C)(C)CC(C)NCCCN1CCN(C)CC1. The van der Waals surface area contributed by atoms with Crippen LogP contribution >= 0.6 is 0 Å². The molecule has 1 aliphatic heterocycles. The molecular weight excluding hydrogens is 238 g/mol. The highest BCUT2D eigenvalue weighted by molar-refractivity contribution is 4.75. The van der Waals surface area contributed by atoms with Crippen molar-refractivity contribution in [2.24, 2.45) is 0 Å². The van der Waals surface area contributed by atoms with Crippen molar-refractivity contribution in [2.45, 2.75) is 45.3 Å². The Balaban J connectivity index is 2.04. The molecule has 4 heteroatoms. The smallest absolute Gasteiger partial charge is 0.0637 e. The third-order valence-corrected chi connectivity index (χ3v) is 4.09. The first-order chi connectivity index (χ1) is 8.93. The van der Waals surface area contributed by atoms with E-state index in [2.05, 4.69) is 42.9 Å². The Kier molecular flexibility index (Phi) is 7.29. The van der Waals surface area contributed by atoms with Crippen LogP contribution in [0.2, 0.25) is 0 Å². The molecular formula is C15H33N3O. The van der Waals surface area contributed by atoms with Gasteiger partial charge >= 0.3 is 0 Å². The van der Waals surface area contributed by atoms with Gasteiger partial charge in [-0.15, -0.1) is 0 Å². The molecule has 1 heterocycles. The normalized spacial score (nSPS) is 20.7. The summed E-state index contributed by atoms with van der Waals surface area (Å²) in [4.78, 5) is 4.98. The summed E-state index contributed by atoms with van der Waals surface area (Å²) in [6.07, 6.45) is 2.29. The number of hydrogen-bond acceptors (Lipinski definition) is 4. The van der Waals surface area contributed by atoms with Crippen molar-refractivity contribution in [1.29, 1.82) is 0 Å². The van der Waals surface area contributed by atoms with Crippen molar-refractivity contribution in [3.05, 3.63) is 0 Å². The van der Waals surface area contributed by atoms with E-state index in [1.54, 1.807) is 7.11 Å². The minimum atomic E-state index is -0.0239. The van der Waals surface area contributed by atoms with Crippen LogP contribution in [0.5, 0.6) is 0 Å². The van der Waals surface area contributed by atoms with Crippen molar-refractivity contribution in [2.75, 3.05) is 53.4 Å². The predicted octanol–water partition coefficient (Wildman–Crippen LogP) is 1.42. The number of methoxy groups -OCH3 is 1. The fourth-order valence-electron chi connectivity index (χ4n) is 2.62. The summed E-state index contributed by atoms with van der Waals surface area (Å²) >= 11 is 0. The lowest BCUT2D eigenvalue weighted by Crippen LogP contribution is -2.45. The van der Waals surface area contributed by atoms with E-state index in [0.29, 0.717) is 6.04 Å². The predicted molar refractivity (Wildman–Crippen MR) is 81.7 cm³/mol. The molecule has 4 nitrogen and oxygen atoms in total. The van der Waals surface area contributed by atoms with E-state index in [-0.39, 0.29) is 5.60 Å². The molecule has 1 N–H and O–H groups in total. The van der Waals surface area contributed by atoms with Crippen LogP contribution < -0.4 is 5.32 Å². The number of likely N-dealkylation sites (N-methyl/N-ethyl adjacent to an activating group) is 1. The molecule has 0 saturated carbocycles. The standard InChI is InChI=1S/C15H33N3O/c1-14(13-15(2,3)19-5)16-7-6-8-18-11-9-17(4)10-12-18/h14,16H,6-13H2,1-5H3. The molecule has 19 heavy (non-hydrogen) atoms. The number of ether oxygens (including phenoxy) is 1. The van der Waals surface area contributed by atoms with Gasteiger partial charge in [-0.3, -0.25) is 0 Å². The molecule has 0 bridgehead atoms. The van der Waals surface area contributed by atoms with E-state index in [1.165, 1.54) is 39.1 Å². The van der Waals surface area contributed by atoms with Gasteiger partial charge in [0, 0.05) is 39.3 Å². The second-order valence-electron chi connectivity index (χ2n) is 6.52. The molecule has 0 amide bonds. The maximum absolute atomic E-state index is 5.47. The zero-order valence-corrected chi connectivity index (χ0v) is 13.5. The Bertz CT molecular complexity index is 238. The van der Waals surface area contributed by atoms with Crippen molar-refractivity contribution < 1.29 is 4.74 Å². The van der Waals surface area contributed by atoms with Crippen molar-refractivity contribution in [1.82, 2.24) is 15.1 Å². The number of piperazine rings is 1. The quantitative estimate of drug-likeness (QED) is 0.676. The topological polar surface area (TPSA) is 27.7 Å². The molecule has 0 aliphatic carbocycles. The van der Waals surface area contributed by atoms with Crippen molar-refractivity contribution in [3.8, 4) is 0 Å². The Labute approximate surface area is 119 Å². The zero-order valence-electron chi connectivity index (χ0n) is 13.5. The van der Waals surface area contributed by atoms with Crippen molar-refractivity contribution >= 4 is 0 Å². The minimum absolute atomic E-state index is 0.0239. The van der Waals surface area contributed by atoms with Crippen LogP contribution in [0.15, 0.2) is 0 Å². The number of nitrogens with zero attached hydrogens (tertiary/aromatic N) is 2. The molecule has 0 aromatic carbocycles. The molecule has 0 aromatic rings. The van der Waals surface area contributed by atoms with Gasteiger partial charge in [0.15, 0.2) is 0 Å². The first kappa shape index (κ1) is 16.9. The average molecular weight is 271 g/mol. The van der Waals surface area contributed by atoms with Gasteiger partial charge in [-0.2, -0.15) is 0 Å². The average Bonchev–Trinajstić information content (AvgIpc) is 2.36. The molecule has 114 valence electrons. The lowest BCUT2D eigenvalue weighted by Gasteiger charge is -2.32. The summed E-state index contributed by atoms with van der Waals surface area (Å²) < 4.78 is 5.47. The first-order valence-electron chi connectivity index (χ1n) is 7.62.